The fourth-order valence-electron chi connectivity index (χ4n) is 1.99. The van der Waals surface area contributed by atoms with Gasteiger partial charge in [-0.2, -0.15) is 8.78 Å². The first kappa shape index (κ1) is 12.4. The molecule has 0 spiro atoms. The molecule has 0 saturated carbocycles. The normalized spacial score (nSPS) is 18.9. The van der Waals surface area contributed by atoms with Crippen LogP contribution in [0.3, 0.4) is 0 Å². The highest BCUT2D eigenvalue weighted by Crippen LogP contribution is 2.18. The molecular formula is C10H18F2N2O. The van der Waals surface area contributed by atoms with Gasteiger partial charge in [-0.3, -0.25) is 4.79 Å². The lowest BCUT2D eigenvalue weighted by atomic mass is 9.96. The van der Waals surface area contributed by atoms with E-state index in [0.717, 1.165) is 19.4 Å². The molecule has 0 radical (unpaired) electrons. The minimum atomic E-state index is -2.85. The summed E-state index contributed by atoms with van der Waals surface area (Å²) in [7, 11) is 3.99. The highest BCUT2D eigenvalue weighted by Gasteiger charge is 2.27. The van der Waals surface area contributed by atoms with E-state index in [9.17, 15) is 13.6 Å². The molecule has 1 aliphatic heterocycles. The van der Waals surface area contributed by atoms with Crippen LogP contribution in [-0.2, 0) is 4.79 Å². The van der Waals surface area contributed by atoms with Gasteiger partial charge in [-0.15, -0.1) is 0 Å². The van der Waals surface area contributed by atoms with Crippen molar-refractivity contribution in [2.75, 3.05) is 33.7 Å². The standard InChI is InChI=1S/C10H18F2N2O/c1-13(2)7-8-3-5-14(6-4-8)10(15)9(11)12/h8-9H,3-7H2,1-2H3. The molecule has 1 fully saturated rings. The zero-order chi connectivity index (χ0) is 11.4. The van der Waals surface area contributed by atoms with Crippen LogP contribution in [-0.4, -0.2) is 55.9 Å². The third-order valence-corrected chi connectivity index (χ3v) is 2.74. The van der Waals surface area contributed by atoms with Gasteiger partial charge in [-0.05, 0) is 32.9 Å². The van der Waals surface area contributed by atoms with Crippen LogP contribution in [0.4, 0.5) is 8.78 Å². The predicted molar refractivity (Wildman–Crippen MR) is 53.9 cm³/mol. The van der Waals surface area contributed by atoms with E-state index in [1.54, 1.807) is 0 Å². The summed E-state index contributed by atoms with van der Waals surface area (Å²) in [5.74, 6) is -0.486. The summed E-state index contributed by atoms with van der Waals surface area (Å²) in [6, 6.07) is 0. The number of rotatable bonds is 3. The molecule has 0 unspecified atom stereocenters. The maximum Gasteiger partial charge on any atom is 0.315 e. The van der Waals surface area contributed by atoms with Crippen molar-refractivity contribution < 1.29 is 13.6 Å². The van der Waals surface area contributed by atoms with Crippen LogP contribution >= 0.6 is 0 Å². The molecule has 0 aliphatic carbocycles. The van der Waals surface area contributed by atoms with Crippen molar-refractivity contribution in [3.8, 4) is 0 Å². The molecule has 0 N–H and O–H groups in total. The topological polar surface area (TPSA) is 23.6 Å². The van der Waals surface area contributed by atoms with Crippen molar-refractivity contribution in [2.45, 2.75) is 19.3 Å². The molecule has 0 aromatic carbocycles. The SMILES string of the molecule is CN(C)CC1CCN(C(=O)C(F)F)CC1. The maximum atomic E-state index is 12.1. The number of hydrogen-bond donors (Lipinski definition) is 0. The van der Waals surface area contributed by atoms with Crippen molar-refractivity contribution in [2.24, 2.45) is 5.92 Å². The monoisotopic (exact) mass is 220 g/mol. The van der Waals surface area contributed by atoms with E-state index in [-0.39, 0.29) is 0 Å². The van der Waals surface area contributed by atoms with Crippen LogP contribution in [0.15, 0.2) is 0 Å². The first-order valence-corrected chi connectivity index (χ1v) is 5.22. The number of carbonyl (C=O) groups excluding carboxylic acids is 1. The zero-order valence-corrected chi connectivity index (χ0v) is 9.25. The van der Waals surface area contributed by atoms with Gasteiger partial charge in [-0.25, -0.2) is 0 Å². The second-order valence-corrected chi connectivity index (χ2v) is 4.33. The number of carbonyl (C=O) groups is 1. The summed E-state index contributed by atoms with van der Waals surface area (Å²) >= 11 is 0. The number of likely N-dealkylation sites (tertiary alicyclic amines) is 1. The lowest BCUT2D eigenvalue weighted by Gasteiger charge is -2.32. The van der Waals surface area contributed by atoms with E-state index in [0.29, 0.717) is 19.0 Å². The van der Waals surface area contributed by atoms with Crippen LogP contribution in [0.1, 0.15) is 12.8 Å². The van der Waals surface area contributed by atoms with Crippen LogP contribution in [0, 0.1) is 5.92 Å². The van der Waals surface area contributed by atoms with Crippen molar-refractivity contribution in [3.05, 3.63) is 0 Å². The van der Waals surface area contributed by atoms with Gasteiger partial charge >= 0.3 is 6.43 Å². The Morgan fingerprint density at radius 3 is 2.33 bits per heavy atom. The molecule has 3 nitrogen and oxygen atoms in total. The average Bonchev–Trinajstić information content (AvgIpc) is 2.17. The lowest BCUT2D eigenvalue weighted by Crippen LogP contribution is -2.43. The predicted octanol–water partition coefficient (Wildman–Crippen LogP) is 1.05. The molecule has 5 heteroatoms. The fraction of sp³-hybridized carbons (Fsp3) is 0.900. The summed E-state index contributed by atoms with van der Waals surface area (Å²) < 4.78 is 24.2. The number of alkyl halides is 2. The van der Waals surface area contributed by atoms with Gasteiger partial charge in [0, 0.05) is 19.6 Å². The Hall–Kier alpha value is -0.710. The minimum absolute atomic E-state index is 0.474. The number of piperidine rings is 1. The molecule has 0 aromatic heterocycles. The van der Waals surface area contributed by atoms with E-state index < -0.39 is 12.3 Å². The third-order valence-electron chi connectivity index (χ3n) is 2.74. The van der Waals surface area contributed by atoms with Gasteiger partial charge in [0.15, 0.2) is 0 Å². The highest BCUT2D eigenvalue weighted by atomic mass is 19.3. The van der Waals surface area contributed by atoms with Gasteiger partial charge < -0.3 is 9.80 Å². The van der Waals surface area contributed by atoms with E-state index in [1.807, 2.05) is 14.1 Å². The van der Waals surface area contributed by atoms with E-state index in [4.69, 9.17) is 0 Å². The molecule has 1 saturated heterocycles. The Labute approximate surface area is 89.0 Å². The maximum absolute atomic E-state index is 12.1. The Morgan fingerprint density at radius 1 is 1.40 bits per heavy atom. The molecule has 1 amide bonds. The molecule has 1 rings (SSSR count). The third kappa shape index (κ3) is 3.74. The Morgan fingerprint density at radius 2 is 1.93 bits per heavy atom. The van der Waals surface area contributed by atoms with E-state index in [1.165, 1.54) is 4.90 Å². The fourth-order valence-corrected chi connectivity index (χ4v) is 1.99. The molecule has 15 heavy (non-hydrogen) atoms. The van der Waals surface area contributed by atoms with E-state index >= 15 is 0 Å². The summed E-state index contributed by atoms with van der Waals surface area (Å²) in [6.45, 7) is 1.92. The number of nitrogens with zero attached hydrogens (tertiary/aromatic N) is 2. The second kappa shape index (κ2) is 5.39. The van der Waals surface area contributed by atoms with E-state index in [2.05, 4.69) is 4.90 Å². The summed E-state index contributed by atoms with van der Waals surface area (Å²) in [5, 5.41) is 0. The van der Waals surface area contributed by atoms with Crippen molar-refractivity contribution in [3.63, 3.8) is 0 Å². The Bertz CT molecular complexity index is 213. The lowest BCUT2D eigenvalue weighted by molar-refractivity contribution is -0.144. The molecule has 0 aromatic rings. The van der Waals surface area contributed by atoms with Crippen molar-refractivity contribution in [1.82, 2.24) is 9.80 Å². The smallest absolute Gasteiger partial charge is 0.315 e. The average molecular weight is 220 g/mol. The zero-order valence-electron chi connectivity index (χ0n) is 9.25. The molecule has 1 heterocycles. The first-order valence-electron chi connectivity index (χ1n) is 5.22. The molecular weight excluding hydrogens is 202 g/mol. The molecule has 0 bridgehead atoms. The molecule has 1 aliphatic rings. The molecule has 88 valence electrons. The minimum Gasteiger partial charge on any atom is -0.338 e. The second-order valence-electron chi connectivity index (χ2n) is 4.33. The van der Waals surface area contributed by atoms with Gasteiger partial charge in [0.05, 0.1) is 0 Å². The molecule has 0 atom stereocenters. The van der Waals surface area contributed by atoms with Crippen LogP contribution in [0.25, 0.3) is 0 Å². The van der Waals surface area contributed by atoms with Crippen LogP contribution < -0.4 is 0 Å². The summed E-state index contributed by atoms with van der Waals surface area (Å²) in [6.07, 6.45) is -1.19. The van der Waals surface area contributed by atoms with Gasteiger partial charge in [0.2, 0.25) is 0 Å². The Balaban J connectivity index is 2.32. The number of halogens is 2. The highest BCUT2D eigenvalue weighted by molar-refractivity contribution is 5.79. The quantitative estimate of drug-likeness (QED) is 0.710. The van der Waals surface area contributed by atoms with Crippen molar-refractivity contribution in [1.29, 1.82) is 0 Å². The van der Waals surface area contributed by atoms with Crippen molar-refractivity contribution >= 4 is 5.91 Å². The number of amides is 1. The first-order chi connectivity index (χ1) is 7.00. The summed E-state index contributed by atoms with van der Waals surface area (Å²) in [4.78, 5) is 14.4. The van der Waals surface area contributed by atoms with Gasteiger partial charge in [-0.1, -0.05) is 0 Å². The van der Waals surface area contributed by atoms with Crippen LogP contribution in [0.2, 0.25) is 0 Å². The van der Waals surface area contributed by atoms with Crippen LogP contribution in [0.5, 0.6) is 0 Å². The largest absolute Gasteiger partial charge is 0.338 e. The number of hydrogen-bond acceptors (Lipinski definition) is 2. The van der Waals surface area contributed by atoms with Gasteiger partial charge in [0.25, 0.3) is 5.91 Å². The Kier molecular flexibility index (Phi) is 4.45. The summed E-state index contributed by atoms with van der Waals surface area (Å²) in [5.41, 5.74) is 0. The van der Waals surface area contributed by atoms with Gasteiger partial charge in [0.1, 0.15) is 0 Å².